The van der Waals surface area contributed by atoms with Crippen molar-refractivity contribution in [2.45, 2.75) is 0 Å². The van der Waals surface area contributed by atoms with Gasteiger partial charge in [-0.05, 0) is 53.6 Å². The molecular formula is C26H25N3O4. The van der Waals surface area contributed by atoms with Crippen LogP contribution in [0.25, 0.3) is 11.6 Å². The second-order valence-electron chi connectivity index (χ2n) is 7.75. The number of ether oxygens (including phenoxy) is 1. The van der Waals surface area contributed by atoms with E-state index in [-0.39, 0.29) is 11.6 Å². The summed E-state index contributed by atoms with van der Waals surface area (Å²) in [7, 11) is 1.65. The zero-order chi connectivity index (χ0) is 23.2. The van der Waals surface area contributed by atoms with Crippen LogP contribution in [0.3, 0.4) is 0 Å². The molecule has 1 saturated heterocycles. The summed E-state index contributed by atoms with van der Waals surface area (Å²) in [6.45, 7) is 2.68. The number of carbonyl (C=O) groups is 1. The molecule has 0 atom stereocenters. The summed E-state index contributed by atoms with van der Waals surface area (Å²) in [4.78, 5) is 28.2. The van der Waals surface area contributed by atoms with Gasteiger partial charge in [-0.1, -0.05) is 30.3 Å². The monoisotopic (exact) mass is 443 g/mol. The zero-order valence-corrected chi connectivity index (χ0v) is 18.4. The van der Waals surface area contributed by atoms with Crippen LogP contribution >= 0.6 is 0 Å². The van der Waals surface area contributed by atoms with Crippen LogP contribution in [-0.4, -0.2) is 49.0 Å². The highest BCUT2D eigenvalue weighted by Crippen LogP contribution is 2.25. The van der Waals surface area contributed by atoms with E-state index in [1.54, 1.807) is 25.3 Å². The highest BCUT2D eigenvalue weighted by atomic mass is 16.6. The van der Waals surface area contributed by atoms with Gasteiger partial charge in [0, 0.05) is 49.6 Å². The molecule has 33 heavy (non-hydrogen) atoms. The van der Waals surface area contributed by atoms with Crippen LogP contribution in [0.1, 0.15) is 11.1 Å². The Morgan fingerprint density at radius 3 is 2.12 bits per heavy atom. The fourth-order valence-corrected chi connectivity index (χ4v) is 3.88. The number of carbonyl (C=O) groups excluding carboxylic acids is 1. The summed E-state index contributed by atoms with van der Waals surface area (Å²) in [6, 6.07) is 23.7. The van der Waals surface area contributed by atoms with Crippen molar-refractivity contribution < 1.29 is 14.5 Å². The van der Waals surface area contributed by atoms with Gasteiger partial charge in [0.25, 0.3) is 11.6 Å². The Labute approximate surface area is 192 Å². The largest absolute Gasteiger partial charge is 0.497 e. The maximum Gasteiger partial charge on any atom is 0.269 e. The SMILES string of the molecule is COc1ccc(N2CCN(C(=O)/C(=C/c3ccc([N+](=O)[O-])cc3)c3ccccc3)CC2)cc1. The molecule has 1 fully saturated rings. The number of benzene rings is 3. The average Bonchev–Trinajstić information content (AvgIpc) is 2.88. The van der Waals surface area contributed by atoms with Gasteiger partial charge < -0.3 is 14.5 Å². The molecule has 0 radical (unpaired) electrons. The van der Waals surface area contributed by atoms with E-state index in [1.165, 1.54) is 12.1 Å². The molecule has 0 spiro atoms. The van der Waals surface area contributed by atoms with Crippen LogP contribution in [0, 0.1) is 10.1 Å². The minimum Gasteiger partial charge on any atom is -0.497 e. The predicted octanol–water partition coefficient (Wildman–Crippen LogP) is 4.49. The van der Waals surface area contributed by atoms with Gasteiger partial charge in [0.15, 0.2) is 0 Å². The Kier molecular flexibility index (Phi) is 6.69. The molecular weight excluding hydrogens is 418 g/mol. The van der Waals surface area contributed by atoms with Crippen molar-refractivity contribution in [3.05, 3.63) is 100 Å². The average molecular weight is 444 g/mol. The van der Waals surface area contributed by atoms with E-state index < -0.39 is 4.92 Å². The number of hydrogen-bond acceptors (Lipinski definition) is 5. The van der Waals surface area contributed by atoms with Crippen molar-refractivity contribution in [1.29, 1.82) is 0 Å². The fraction of sp³-hybridized carbons (Fsp3) is 0.192. The first-order valence-corrected chi connectivity index (χ1v) is 10.7. The second kappa shape index (κ2) is 9.99. The van der Waals surface area contributed by atoms with Crippen LogP contribution < -0.4 is 9.64 Å². The molecule has 0 aliphatic carbocycles. The number of nitro groups is 1. The zero-order valence-electron chi connectivity index (χ0n) is 18.4. The number of hydrogen-bond donors (Lipinski definition) is 0. The molecule has 1 aliphatic rings. The highest BCUT2D eigenvalue weighted by molar-refractivity contribution is 6.24. The lowest BCUT2D eigenvalue weighted by Crippen LogP contribution is -2.49. The molecule has 7 nitrogen and oxygen atoms in total. The number of nitrogens with zero attached hydrogens (tertiary/aromatic N) is 3. The number of anilines is 1. The van der Waals surface area contributed by atoms with Crippen molar-refractivity contribution in [3.63, 3.8) is 0 Å². The molecule has 0 N–H and O–H groups in total. The minimum atomic E-state index is -0.431. The highest BCUT2D eigenvalue weighted by Gasteiger charge is 2.24. The third-order valence-corrected chi connectivity index (χ3v) is 5.73. The van der Waals surface area contributed by atoms with E-state index in [0.29, 0.717) is 18.7 Å². The van der Waals surface area contributed by atoms with Crippen LogP contribution in [0.4, 0.5) is 11.4 Å². The second-order valence-corrected chi connectivity index (χ2v) is 7.75. The number of rotatable bonds is 6. The summed E-state index contributed by atoms with van der Waals surface area (Å²) in [6.07, 6.45) is 1.80. The van der Waals surface area contributed by atoms with Gasteiger partial charge in [0.05, 0.1) is 12.0 Å². The number of piperazine rings is 1. The van der Waals surface area contributed by atoms with Crippen molar-refractivity contribution in [2.75, 3.05) is 38.2 Å². The lowest BCUT2D eigenvalue weighted by molar-refractivity contribution is -0.384. The lowest BCUT2D eigenvalue weighted by atomic mass is 10.0. The Morgan fingerprint density at radius 2 is 1.55 bits per heavy atom. The first-order valence-electron chi connectivity index (χ1n) is 10.7. The summed E-state index contributed by atoms with van der Waals surface area (Å²) >= 11 is 0. The van der Waals surface area contributed by atoms with Gasteiger partial charge in [-0.15, -0.1) is 0 Å². The van der Waals surface area contributed by atoms with E-state index in [0.717, 1.165) is 35.7 Å². The van der Waals surface area contributed by atoms with Gasteiger partial charge in [-0.2, -0.15) is 0 Å². The van der Waals surface area contributed by atoms with Crippen molar-refractivity contribution in [3.8, 4) is 5.75 Å². The first kappa shape index (κ1) is 22.1. The standard InChI is InChI=1S/C26H25N3O4/c1-33-24-13-11-22(12-14-24)27-15-17-28(18-16-27)26(30)25(21-5-3-2-4-6-21)19-20-7-9-23(10-8-20)29(31)32/h2-14,19H,15-18H2,1H3/b25-19+. The molecule has 3 aromatic rings. The number of methoxy groups -OCH3 is 1. The fourth-order valence-electron chi connectivity index (χ4n) is 3.88. The third kappa shape index (κ3) is 5.20. The van der Waals surface area contributed by atoms with E-state index in [9.17, 15) is 14.9 Å². The predicted molar refractivity (Wildman–Crippen MR) is 129 cm³/mol. The van der Waals surface area contributed by atoms with Gasteiger partial charge >= 0.3 is 0 Å². The molecule has 1 aliphatic heterocycles. The van der Waals surface area contributed by atoms with Crippen LogP contribution in [0.5, 0.6) is 5.75 Å². The maximum atomic E-state index is 13.5. The minimum absolute atomic E-state index is 0.0226. The Balaban J connectivity index is 1.53. The third-order valence-electron chi connectivity index (χ3n) is 5.73. The topological polar surface area (TPSA) is 75.9 Å². The van der Waals surface area contributed by atoms with E-state index in [2.05, 4.69) is 4.90 Å². The summed E-state index contributed by atoms with van der Waals surface area (Å²) in [5.74, 6) is 0.769. The lowest BCUT2D eigenvalue weighted by Gasteiger charge is -2.36. The van der Waals surface area contributed by atoms with Crippen molar-refractivity contribution in [2.24, 2.45) is 0 Å². The van der Waals surface area contributed by atoms with Gasteiger partial charge in [-0.25, -0.2) is 0 Å². The van der Waals surface area contributed by atoms with Gasteiger partial charge in [-0.3, -0.25) is 14.9 Å². The van der Waals surface area contributed by atoms with E-state index in [4.69, 9.17) is 4.74 Å². The molecule has 4 rings (SSSR count). The van der Waals surface area contributed by atoms with Crippen LogP contribution in [-0.2, 0) is 4.79 Å². The summed E-state index contributed by atoms with van der Waals surface area (Å²) < 4.78 is 5.23. The molecule has 1 heterocycles. The van der Waals surface area contributed by atoms with Gasteiger partial charge in [0.1, 0.15) is 5.75 Å². The summed E-state index contributed by atoms with van der Waals surface area (Å²) in [5, 5.41) is 11.0. The quantitative estimate of drug-likeness (QED) is 0.243. The normalized spacial score (nSPS) is 14.2. The van der Waals surface area contributed by atoms with Gasteiger partial charge in [0.2, 0.25) is 0 Å². The van der Waals surface area contributed by atoms with Crippen molar-refractivity contribution in [1.82, 2.24) is 4.90 Å². The van der Waals surface area contributed by atoms with Crippen LogP contribution in [0.2, 0.25) is 0 Å². The number of non-ortho nitro benzene ring substituents is 1. The Morgan fingerprint density at radius 1 is 0.909 bits per heavy atom. The molecule has 3 aromatic carbocycles. The Hall–Kier alpha value is -4.13. The summed E-state index contributed by atoms with van der Waals surface area (Å²) in [5.41, 5.74) is 3.26. The Bertz CT molecular complexity index is 1130. The maximum absolute atomic E-state index is 13.5. The first-order chi connectivity index (χ1) is 16.0. The molecule has 0 unspecified atom stereocenters. The molecule has 0 bridgehead atoms. The van der Waals surface area contributed by atoms with Crippen LogP contribution in [0.15, 0.2) is 78.9 Å². The molecule has 168 valence electrons. The smallest absolute Gasteiger partial charge is 0.269 e. The molecule has 1 amide bonds. The van der Waals surface area contributed by atoms with E-state index >= 15 is 0 Å². The molecule has 0 saturated carbocycles. The molecule has 0 aromatic heterocycles. The number of nitro benzene ring substituents is 1. The van der Waals surface area contributed by atoms with Crippen molar-refractivity contribution >= 4 is 28.9 Å². The molecule has 7 heteroatoms. The van der Waals surface area contributed by atoms with E-state index in [1.807, 2.05) is 59.5 Å². The number of amides is 1.